The Labute approximate surface area is 106 Å². The molecule has 0 radical (unpaired) electrons. The molecular weight excluding hydrogens is 229 g/mol. The van der Waals surface area contributed by atoms with Gasteiger partial charge < -0.3 is 11.1 Å². The van der Waals surface area contributed by atoms with Gasteiger partial charge in [0.1, 0.15) is 5.82 Å². The van der Waals surface area contributed by atoms with Crippen LogP contribution in [-0.2, 0) is 0 Å². The quantitative estimate of drug-likeness (QED) is 0.870. The Kier molecular flexibility index (Phi) is 3.89. The fourth-order valence-electron chi connectivity index (χ4n) is 1.96. The van der Waals surface area contributed by atoms with Crippen LogP contribution in [0.15, 0.2) is 42.7 Å². The van der Waals surface area contributed by atoms with Crippen molar-refractivity contribution in [3.05, 3.63) is 59.7 Å². The highest BCUT2D eigenvalue weighted by molar-refractivity contribution is 5.49. The monoisotopic (exact) mass is 245 g/mol. The number of rotatable bonds is 4. The van der Waals surface area contributed by atoms with E-state index < -0.39 is 0 Å². The van der Waals surface area contributed by atoms with Crippen molar-refractivity contribution in [1.29, 1.82) is 0 Å². The Morgan fingerprint density at radius 3 is 2.72 bits per heavy atom. The van der Waals surface area contributed by atoms with Crippen LogP contribution in [0.2, 0.25) is 0 Å². The van der Waals surface area contributed by atoms with Crippen molar-refractivity contribution in [2.24, 2.45) is 0 Å². The molecule has 2 aromatic rings. The Morgan fingerprint density at radius 2 is 2.06 bits per heavy atom. The molecule has 3 nitrogen and oxygen atoms in total. The average molecular weight is 245 g/mol. The van der Waals surface area contributed by atoms with Gasteiger partial charge in [-0.3, -0.25) is 4.98 Å². The van der Waals surface area contributed by atoms with Gasteiger partial charge >= 0.3 is 0 Å². The molecule has 0 bridgehead atoms. The summed E-state index contributed by atoms with van der Waals surface area (Å²) < 4.78 is 13.9. The topological polar surface area (TPSA) is 50.9 Å². The summed E-state index contributed by atoms with van der Waals surface area (Å²) in [5.41, 5.74) is 7.93. The molecule has 3 N–H and O–H groups in total. The molecule has 1 unspecified atom stereocenters. The summed E-state index contributed by atoms with van der Waals surface area (Å²) in [6, 6.07) is 8.15. The van der Waals surface area contributed by atoms with E-state index in [9.17, 15) is 4.39 Å². The molecule has 1 aromatic heterocycles. The number of anilines is 1. The standard InChI is InChI=1S/C14H16FN3/c1-2-18-14(10-5-3-4-6-12(10)15)11-9-17-8-7-13(11)16/h3-9,14,18H,2H2,1H3,(H2,16,17). The molecule has 0 aliphatic rings. The van der Waals surface area contributed by atoms with Gasteiger partial charge in [0.05, 0.1) is 6.04 Å². The minimum absolute atomic E-state index is 0.244. The lowest BCUT2D eigenvalue weighted by atomic mass is 9.98. The Balaban J connectivity index is 2.47. The van der Waals surface area contributed by atoms with Gasteiger partial charge in [-0.05, 0) is 18.7 Å². The van der Waals surface area contributed by atoms with Gasteiger partial charge in [0, 0.05) is 29.2 Å². The predicted molar refractivity (Wildman–Crippen MR) is 70.6 cm³/mol. The first-order chi connectivity index (χ1) is 8.74. The number of nitrogens with two attached hydrogens (primary N) is 1. The third-order valence-corrected chi connectivity index (χ3v) is 2.82. The van der Waals surface area contributed by atoms with Gasteiger partial charge in [-0.15, -0.1) is 0 Å². The van der Waals surface area contributed by atoms with Gasteiger partial charge in [0.15, 0.2) is 0 Å². The van der Waals surface area contributed by atoms with Crippen LogP contribution in [-0.4, -0.2) is 11.5 Å². The summed E-state index contributed by atoms with van der Waals surface area (Å²) in [6.07, 6.45) is 3.30. The second kappa shape index (κ2) is 5.60. The highest BCUT2D eigenvalue weighted by Gasteiger charge is 2.18. The van der Waals surface area contributed by atoms with E-state index in [4.69, 9.17) is 5.73 Å². The lowest BCUT2D eigenvalue weighted by Crippen LogP contribution is -2.24. The Hall–Kier alpha value is -1.94. The maximum Gasteiger partial charge on any atom is 0.128 e. The van der Waals surface area contributed by atoms with E-state index in [1.165, 1.54) is 6.07 Å². The maximum atomic E-state index is 13.9. The molecule has 0 amide bonds. The Bertz CT molecular complexity index is 482. The summed E-state index contributed by atoms with van der Waals surface area (Å²) in [6.45, 7) is 2.69. The molecule has 0 saturated carbocycles. The van der Waals surface area contributed by atoms with Crippen LogP contribution in [0.3, 0.4) is 0 Å². The second-order valence-corrected chi connectivity index (χ2v) is 4.02. The van der Waals surface area contributed by atoms with Crippen LogP contribution in [0, 0.1) is 5.82 Å². The first kappa shape index (κ1) is 12.5. The molecule has 18 heavy (non-hydrogen) atoms. The second-order valence-electron chi connectivity index (χ2n) is 4.02. The lowest BCUT2D eigenvalue weighted by Gasteiger charge is -2.20. The van der Waals surface area contributed by atoms with E-state index >= 15 is 0 Å². The number of hydrogen-bond acceptors (Lipinski definition) is 3. The van der Waals surface area contributed by atoms with Crippen molar-refractivity contribution in [1.82, 2.24) is 10.3 Å². The highest BCUT2D eigenvalue weighted by atomic mass is 19.1. The fourth-order valence-corrected chi connectivity index (χ4v) is 1.96. The SMILES string of the molecule is CCNC(c1cnccc1N)c1ccccc1F. The molecule has 2 rings (SSSR count). The number of hydrogen-bond donors (Lipinski definition) is 2. The fraction of sp³-hybridized carbons (Fsp3) is 0.214. The summed E-state index contributed by atoms with van der Waals surface area (Å²) >= 11 is 0. The van der Waals surface area contributed by atoms with Crippen LogP contribution < -0.4 is 11.1 Å². The minimum atomic E-state index is -0.273. The normalized spacial score (nSPS) is 12.3. The zero-order chi connectivity index (χ0) is 13.0. The summed E-state index contributed by atoms with van der Waals surface area (Å²) in [5, 5.41) is 3.24. The van der Waals surface area contributed by atoms with Gasteiger partial charge in [-0.2, -0.15) is 0 Å². The molecule has 0 fully saturated rings. The third kappa shape index (κ3) is 2.49. The zero-order valence-electron chi connectivity index (χ0n) is 10.2. The van der Waals surface area contributed by atoms with Crippen molar-refractivity contribution >= 4 is 5.69 Å². The van der Waals surface area contributed by atoms with E-state index in [1.807, 2.05) is 13.0 Å². The predicted octanol–water partition coefficient (Wildman–Crippen LogP) is 2.50. The molecule has 0 saturated heterocycles. The maximum absolute atomic E-state index is 13.9. The molecule has 0 spiro atoms. The van der Waals surface area contributed by atoms with Crippen molar-refractivity contribution in [3.63, 3.8) is 0 Å². The van der Waals surface area contributed by atoms with Crippen LogP contribution in [0.5, 0.6) is 0 Å². The molecule has 1 aromatic carbocycles. The number of pyridine rings is 1. The molecule has 0 aliphatic heterocycles. The smallest absolute Gasteiger partial charge is 0.128 e. The van der Waals surface area contributed by atoms with E-state index in [0.717, 1.165) is 5.56 Å². The summed E-state index contributed by atoms with van der Waals surface area (Å²) in [5.74, 6) is -0.244. The van der Waals surface area contributed by atoms with Crippen molar-refractivity contribution in [2.75, 3.05) is 12.3 Å². The summed E-state index contributed by atoms with van der Waals surface area (Å²) in [4.78, 5) is 4.06. The van der Waals surface area contributed by atoms with Gasteiger partial charge in [0.2, 0.25) is 0 Å². The third-order valence-electron chi connectivity index (χ3n) is 2.82. The molecule has 1 atom stereocenters. The molecular formula is C14H16FN3. The van der Waals surface area contributed by atoms with Crippen molar-refractivity contribution in [3.8, 4) is 0 Å². The van der Waals surface area contributed by atoms with Crippen LogP contribution in [0.25, 0.3) is 0 Å². The molecule has 4 heteroatoms. The molecule has 1 heterocycles. The van der Waals surface area contributed by atoms with Gasteiger partial charge in [-0.1, -0.05) is 25.1 Å². The minimum Gasteiger partial charge on any atom is -0.398 e. The number of benzene rings is 1. The van der Waals surface area contributed by atoms with E-state index in [-0.39, 0.29) is 11.9 Å². The number of nitrogens with one attached hydrogen (secondary N) is 1. The van der Waals surface area contributed by atoms with Crippen LogP contribution in [0.4, 0.5) is 10.1 Å². The molecule has 0 aliphatic carbocycles. The first-order valence-electron chi connectivity index (χ1n) is 5.91. The van der Waals surface area contributed by atoms with E-state index in [0.29, 0.717) is 17.8 Å². The number of nitrogens with zero attached hydrogens (tertiary/aromatic N) is 1. The van der Waals surface area contributed by atoms with Crippen molar-refractivity contribution < 1.29 is 4.39 Å². The largest absolute Gasteiger partial charge is 0.398 e. The van der Waals surface area contributed by atoms with Crippen LogP contribution >= 0.6 is 0 Å². The molecule has 94 valence electrons. The van der Waals surface area contributed by atoms with E-state index in [2.05, 4.69) is 10.3 Å². The average Bonchev–Trinajstić information content (AvgIpc) is 2.38. The number of halogens is 1. The Morgan fingerprint density at radius 1 is 1.28 bits per heavy atom. The summed E-state index contributed by atoms with van der Waals surface area (Å²) in [7, 11) is 0. The van der Waals surface area contributed by atoms with Gasteiger partial charge in [0.25, 0.3) is 0 Å². The lowest BCUT2D eigenvalue weighted by molar-refractivity contribution is 0.559. The number of aromatic nitrogens is 1. The van der Waals surface area contributed by atoms with Gasteiger partial charge in [-0.25, -0.2) is 4.39 Å². The van der Waals surface area contributed by atoms with Crippen molar-refractivity contribution in [2.45, 2.75) is 13.0 Å². The first-order valence-corrected chi connectivity index (χ1v) is 5.91. The van der Waals surface area contributed by atoms with E-state index in [1.54, 1.807) is 30.6 Å². The number of nitrogen functional groups attached to an aromatic ring is 1. The van der Waals surface area contributed by atoms with Crippen LogP contribution in [0.1, 0.15) is 24.1 Å². The highest BCUT2D eigenvalue weighted by Crippen LogP contribution is 2.27. The zero-order valence-corrected chi connectivity index (χ0v) is 10.2.